The van der Waals surface area contributed by atoms with Gasteiger partial charge < -0.3 is 18.9 Å². The van der Waals surface area contributed by atoms with Gasteiger partial charge in [-0.25, -0.2) is 9.18 Å². The van der Waals surface area contributed by atoms with Gasteiger partial charge in [0.1, 0.15) is 11.5 Å². The SMILES string of the molecule is CCn1c(C)c(C(=O)CN(CC2CCCO2)C(=O)c2cccc(F)c2)c(C)c1C(=O)OC. The monoisotopic (exact) mass is 444 g/mol. The van der Waals surface area contributed by atoms with Crippen molar-refractivity contribution in [3.05, 3.63) is 58.2 Å². The van der Waals surface area contributed by atoms with Gasteiger partial charge in [-0.2, -0.15) is 0 Å². The summed E-state index contributed by atoms with van der Waals surface area (Å²) in [6, 6.07) is 5.42. The van der Waals surface area contributed by atoms with Crippen LogP contribution in [0, 0.1) is 19.7 Å². The normalized spacial score (nSPS) is 15.6. The Balaban J connectivity index is 1.94. The van der Waals surface area contributed by atoms with Crippen molar-refractivity contribution in [1.82, 2.24) is 9.47 Å². The smallest absolute Gasteiger partial charge is 0.354 e. The van der Waals surface area contributed by atoms with Crippen molar-refractivity contribution in [2.24, 2.45) is 0 Å². The third-order valence-electron chi connectivity index (χ3n) is 5.88. The second-order valence-electron chi connectivity index (χ2n) is 7.92. The fraction of sp³-hybridized carbons (Fsp3) is 0.458. The third-order valence-corrected chi connectivity index (χ3v) is 5.88. The van der Waals surface area contributed by atoms with Crippen LogP contribution in [0.1, 0.15) is 62.2 Å². The molecule has 1 aromatic carbocycles. The fourth-order valence-corrected chi connectivity index (χ4v) is 4.37. The summed E-state index contributed by atoms with van der Waals surface area (Å²) in [6.45, 7) is 6.49. The Kier molecular flexibility index (Phi) is 7.45. The minimum absolute atomic E-state index is 0.172. The number of rotatable bonds is 8. The second kappa shape index (κ2) is 10.1. The average molecular weight is 445 g/mol. The van der Waals surface area contributed by atoms with E-state index in [2.05, 4.69) is 0 Å². The molecule has 1 atom stereocenters. The van der Waals surface area contributed by atoms with E-state index in [0.29, 0.717) is 35.7 Å². The number of ether oxygens (including phenoxy) is 2. The maximum Gasteiger partial charge on any atom is 0.354 e. The van der Waals surface area contributed by atoms with Crippen molar-refractivity contribution in [2.75, 3.05) is 26.8 Å². The number of carbonyl (C=O) groups is 3. The molecule has 0 radical (unpaired) electrons. The minimum atomic E-state index is -0.520. The molecule has 172 valence electrons. The van der Waals surface area contributed by atoms with Gasteiger partial charge in [0.2, 0.25) is 0 Å². The molecule has 3 rings (SSSR count). The molecule has 1 unspecified atom stereocenters. The van der Waals surface area contributed by atoms with E-state index in [-0.39, 0.29) is 30.5 Å². The molecule has 32 heavy (non-hydrogen) atoms. The van der Waals surface area contributed by atoms with E-state index in [1.165, 1.54) is 30.2 Å². The van der Waals surface area contributed by atoms with Gasteiger partial charge in [0.25, 0.3) is 5.91 Å². The lowest BCUT2D eigenvalue weighted by Crippen LogP contribution is -2.41. The van der Waals surface area contributed by atoms with Crippen molar-refractivity contribution in [3.63, 3.8) is 0 Å². The second-order valence-corrected chi connectivity index (χ2v) is 7.92. The van der Waals surface area contributed by atoms with Crippen molar-refractivity contribution >= 4 is 17.7 Å². The number of carbonyl (C=O) groups excluding carboxylic acids is 3. The van der Waals surface area contributed by atoms with Gasteiger partial charge in [0, 0.05) is 36.5 Å². The molecule has 2 heterocycles. The molecular formula is C24H29FN2O5. The summed E-state index contributed by atoms with van der Waals surface area (Å²) in [5.74, 6) is -1.76. The lowest BCUT2D eigenvalue weighted by Gasteiger charge is -2.25. The van der Waals surface area contributed by atoms with Gasteiger partial charge in [0.05, 0.1) is 19.8 Å². The number of hydrogen-bond donors (Lipinski definition) is 0. The first-order valence-electron chi connectivity index (χ1n) is 10.8. The zero-order chi connectivity index (χ0) is 23.4. The average Bonchev–Trinajstić information content (AvgIpc) is 3.37. The summed E-state index contributed by atoms with van der Waals surface area (Å²) >= 11 is 0. The largest absolute Gasteiger partial charge is 0.464 e. The number of amides is 1. The molecule has 2 aromatic rings. The molecule has 0 N–H and O–H groups in total. The van der Waals surface area contributed by atoms with Crippen LogP contribution in [0.3, 0.4) is 0 Å². The molecule has 1 fully saturated rings. The van der Waals surface area contributed by atoms with Crippen molar-refractivity contribution in [2.45, 2.75) is 46.3 Å². The molecule has 0 aliphatic carbocycles. The number of nitrogens with zero attached hydrogens (tertiary/aromatic N) is 2. The number of esters is 1. The maximum atomic E-state index is 13.7. The van der Waals surface area contributed by atoms with Gasteiger partial charge in [-0.1, -0.05) is 6.07 Å². The summed E-state index contributed by atoms with van der Waals surface area (Å²) in [7, 11) is 1.30. The summed E-state index contributed by atoms with van der Waals surface area (Å²) in [6.07, 6.45) is 1.51. The highest BCUT2D eigenvalue weighted by Gasteiger charge is 2.30. The molecule has 7 nitrogen and oxygen atoms in total. The summed E-state index contributed by atoms with van der Waals surface area (Å²) in [5.41, 5.74) is 2.07. The first-order chi connectivity index (χ1) is 15.3. The minimum Gasteiger partial charge on any atom is -0.464 e. The van der Waals surface area contributed by atoms with Crippen LogP contribution in [0.25, 0.3) is 0 Å². The van der Waals surface area contributed by atoms with Crippen LogP contribution in [0.5, 0.6) is 0 Å². The Bertz CT molecular complexity index is 1020. The number of Topliss-reactive ketones (excluding diaryl/α,β-unsaturated/α-hetero) is 1. The molecule has 1 aliphatic rings. The highest BCUT2D eigenvalue weighted by molar-refractivity contribution is 6.06. The predicted octanol–water partition coefficient (Wildman–Crippen LogP) is 3.55. The van der Waals surface area contributed by atoms with Crippen molar-refractivity contribution in [3.8, 4) is 0 Å². The topological polar surface area (TPSA) is 77.8 Å². The van der Waals surface area contributed by atoms with Gasteiger partial charge in [-0.05, 0) is 57.4 Å². The van der Waals surface area contributed by atoms with E-state index in [0.717, 1.165) is 18.9 Å². The Morgan fingerprint density at radius 3 is 2.62 bits per heavy atom. The Labute approximate surface area is 187 Å². The molecule has 1 aliphatic heterocycles. The molecule has 1 amide bonds. The lowest BCUT2D eigenvalue weighted by atomic mass is 10.0. The first kappa shape index (κ1) is 23.7. The van der Waals surface area contributed by atoms with Crippen LogP contribution < -0.4 is 0 Å². The number of aromatic nitrogens is 1. The van der Waals surface area contributed by atoms with Crippen LogP contribution in [0.15, 0.2) is 24.3 Å². The van der Waals surface area contributed by atoms with E-state index < -0.39 is 17.7 Å². The molecule has 0 bridgehead atoms. The lowest BCUT2D eigenvalue weighted by molar-refractivity contribution is 0.0506. The quantitative estimate of drug-likeness (QED) is 0.460. The Morgan fingerprint density at radius 2 is 2.03 bits per heavy atom. The van der Waals surface area contributed by atoms with Crippen molar-refractivity contribution in [1.29, 1.82) is 0 Å². The Hall–Kier alpha value is -3.00. The number of ketones is 1. The third kappa shape index (κ3) is 4.75. The number of benzene rings is 1. The highest BCUT2D eigenvalue weighted by atomic mass is 19.1. The van der Waals surface area contributed by atoms with E-state index >= 15 is 0 Å². The van der Waals surface area contributed by atoms with Crippen LogP contribution in [-0.4, -0.2) is 60.0 Å². The van der Waals surface area contributed by atoms with E-state index in [4.69, 9.17) is 9.47 Å². The molecule has 8 heteroatoms. The fourth-order valence-electron chi connectivity index (χ4n) is 4.37. The van der Waals surface area contributed by atoms with Gasteiger partial charge in [-0.15, -0.1) is 0 Å². The zero-order valence-electron chi connectivity index (χ0n) is 18.9. The maximum absolute atomic E-state index is 13.7. The van der Waals surface area contributed by atoms with Gasteiger partial charge in [-0.3, -0.25) is 9.59 Å². The van der Waals surface area contributed by atoms with E-state index in [9.17, 15) is 18.8 Å². The van der Waals surface area contributed by atoms with Crippen LogP contribution >= 0.6 is 0 Å². The molecule has 0 spiro atoms. The van der Waals surface area contributed by atoms with Gasteiger partial charge in [0.15, 0.2) is 5.78 Å². The predicted molar refractivity (Wildman–Crippen MR) is 117 cm³/mol. The van der Waals surface area contributed by atoms with Crippen molar-refractivity contribution < 1.29 is 28.2 Å². The van der Waals surface area contributed by atoms with E-state index in [1.54, 1.807) is 18.4 Å². The summed E-state index contributed by atoms with van der Waals surface area (Å²) < 4.78 is 26.0. The standard InChI is InChI=1S/C24H29FN2O5/c1-5-27-16(3)21(15(2)22(27)24(30)31-4)20(28)14-26(13-19-10-7-11-32-19)23(29)17-8-6-9-18(25)12-17/h6,8-9,12,19H,5,7,10-11,13-14H2,1-4H3. The van der Waals surface area contributed by atoms with Crippen LogP contribution in [0.4, 0.5) is 4.39 Å². The van der Waals surface area contributed by atoms with E-state index in [1.807, 2.05) is 6.92 Å². The summed E-state index contributed by atoms with van der Waals surface area (Å²) in [4.78, 5) is 40.3. The summed E-state index contributed by atoms with van der Waals surface area (Å²) in [5, 5.41) is 0. The van der Waals surface area contributed by atoms with Crippen LogP contribution in [0.2, 0.25) is 0 Å². The molecule has 1 saturated heterocycles. The molecular weight excluding hydrogens is 415 g/mol. The first-order valence-corrected chi connectivity index (χ1v) is 10.8. The molecule has 1 aromatic heterocycles. The Morgan fingerprint density at radius 1 is 1.28 bits per heavy atom. The number of methoxy groups -OCH3 is 1. The molecule has 0 saturated carbocycles. The number of hydrogen-bond acceptors (Lipinski definition) is 5. The van der Waals surface area contributed by atoms with Gasteiger partial charge >= 0.3 is 5.97 Å². The zero-order valence-corrected chi connectivity index (χ0v) is 18.9. The van der Waals surface area contributed by atoms with Crippen LogP contribution in [-0.2, 0) is 16.0 Å². The number of halogens is 1. The highest BCUT2D eigenvalue weighted by Crippen LogP contribution is 2.25.